The van der Waals surface area contributed by atoms with Gasteiger partial charge in [0.05, 0.1) is 12.5 Å². The molecule has 0 aromatic heterocycles. The predicted molar refractivity (Wildman–Crippen MR) is 125 cm³/mol. The molecule has 0 bridgehead atoms. The molecule has 2 unspecified atom stereocenters. The summed E-state index contributed by atoms with van der Waals surface area (Å²) in [6.07, 6.45) is -1.55. The SMILES string of the molecule is CC1(C)CN(C(=O)C(CC(=O)O)NC(=O)OCC2c3ccccc3-c3ccccc32)CCC1O. The average molecular weight is 467 g/mol. The van der Waals surface area contributed by atoms with Gasteiger partial charge >= 0.3 is 12.1 Å². The number of nitrogens with one attached hydrogen (secondary N) is 1. The zero-order chi connectivity index (χ0) is 24.5. The zero-order valence-corrected chi connectivity index (χ0v) is 19.4. The van der Waals surface area contributed by atoms with Crippen LogP contribution in [0, 0.1) is 5.41 Å². The molecule has 1 aliphatic heterocycles. The molecule has 3 N–H and O–H groups in total. The summed E-state index contributed by atoms with van der Waals surface area (Å²) in [5.74, 6) is -1.83. The number of aliphatic hydroxyl groups excluding tert-OH is 1. The first-order valence-electron chi connectivity index (χ1n) is 11.5. The van der Waals surface area contributed by atoms with Gasteiger partial charge in [-0.3, -0.25) is 9.59 Å². The molecule has 1 saturated heterocycles. The van der Waals surface area contributed by atoms with Gasteiger partial charge in [-0.25, -0.2) is 4.79 Å². The van der Waals surface area contributed by atoms with Gasteiger partial charge in [-0.2, -0.15) is 0 Å². The van der Waals surface area contributed by atoms with E-state index in [0.29, 0.717) is 13.0 Å². The molecule has 0 radical (unpaired) electrons. The Morgan fingerprint density at radius 2 is 1.68 bits per heavy atom. The van der Waals surface area contributed by atoms with Crippen molar-refractivity contribution in [2.24, 2.45) is 5.41 Å². The highest BCUT2D eigenvalue weighted by molar-refractivity contribution is 5.89. The third-order valence-electron chi connectivity index (χ3n) is 6.80. The number of aliphatic hydroxyl groups is 1. The third-order valence-corrected chi connectivity index (χ3v) is 6.80. The average Bonchev–Trinajstić information content (AvgIpc) is 3.12. The Labute approximate surface area is 198 Å². The summed E-state index contributed by atoms with van der Waals surface area (Å²) in [6.45, 7) is 4.34. The maximum atomic E-state index is 13.1. The largest absolute Gasteiger partial charge is 0.481 e. The number of aliphatic carboxylic acids is 1. The summed E-state index contributed by atoms with van der Waals surface area (Å²) in [5.41, 5.74) is 3.79. The highest BCUT2D eigenvalue weighted by Gasteiger charge is 2.39. The fourth-order valence-electron chi connectivity index (χ4n) is 4.91. The van der Waals surface area contributed by atoms with Gasteiger partial charge in [0.2, 0.25) is 5.91 Å². The van der Waals surface area contributed by atoms with E-state index in [-0.39, 0.29) is 19.1 Å². The van der Waals surface area contributed by atoms with Crippen LogP contribution in [-0.2, 0) is 14.3 Å². The number of fused-ring (bicyclic) bond motifs is 3. The first-order chi connectivity index (χ1) is 16.2. The number of rotatable bonds is 6. The van der Waals surface area contributed by atoms with Crippen molar-refractivity contribution in [3.05, 3.63) is 59.7 Å². The number of ether oxygens (including phenoxy) is 1. The summed E-state index contributed by atoms with van der Waals surface area (Å²) in [6, 6.07) is 14.6. The van der Waals surface area contributed by atoms with Crippen LogP contribution in [-0.4, -0.2) is 64.9 Å². The molecule has 2 aromatic rings. The Morgan fingerprint density at radius 3 is 2.24 bits per heavy atom. The minimum absolute atomic E-state index is 0.0662. The molecule has 2 aromatic carbocycles. The fourth-order valence-corrected chi connectivity index (χ4v) is 4.91. The Kier molecular flexibility index (Phi) is 6.61. The second-order valence-electron chi connectivity index (χ2n) is 9.67. The van der Waals surface area contributed by atoms with Crippen LogP contribution in [0.1, 0.15) is 43.7 Å². The van der Waals surface area contributed by atoms with Crippen LogP contribution < -0.4 is 5.32 Å². The number of piperidine rings is 1. The molecular formula is C26H30N2O6. The monoisotopic (exact) mass is 466 g/mol. The highest BCUT2D eigenvalue weighted by atomic mass is 16.5. The van der Waals surface area contributed by atoms with Crippen LogP contribution in [0.2, 0.25) is 0 Å². The molecule has 4 rings (SSSR count). The molecule has 1 aliphatic carbocycles. The molecule has 2 aliphatic rings. The first kappa shape index (κ1) is 23.8. The molecule has 34 heavy (non-hydrogen) atoms. The van der Waals surface area contributed by atoms with Crippen LogP contribution >= 0.6 is 0 Å². The van der Waals surface area contributed by atoms with Gasteiger partial charge in [0, 0.05) is 24.4 Å². The van der Waals surface area contributed by atoms with Crippen LogP contribution in [0.25, 0.3) is 11.1 Å². The van der Waals surface area contributed by atoms with Crippen molar-refractivity contribution >= 4 is 18.0 Å². The minimum Gasteiger partial charge on any atom is -0.481 e. The van der Waals surface area contributed by atoms with Crippen molar-refractivity contribution in [3.8, 4) is 11.1 Å². The van der Waals surface area contributed by atoms with Gasteiger partial charge in [-0.15, -0.1) is 0 Å². The van der Waals surface area contributed by atoms with E-state index < -0.39 is 42.0 Å². The van der Waals surface area contributed by atoms with Gasteiger partial charge in [0.25, 0.3) is 0 Å². The van der Waals surface area contributed by atoms with Crippen molar-refractivity contribution in [1.29, 1.82) is 0 Å². The quantitative estimate of drug-likeness (QED) is 0.603. The normalized spacial score (nSPS) is 19.6. The van der Waals surface area contributed by atoms with E-state index in [0.717, 1.165) is 22.3 Å². The molecule has 180 valence electrons. The molecule has 8 nitrogen and oxygen atoms in total. The molecule has 1 fully saturated rings. The lowest BCUT2D eigenvalue weighted by Crippen LogP contribution is -2.56. The number of benzene rings is 2. The molecule has 2 amide bonds. The van der Waals surface area contributed by atoms with E-state index in [2.05, 4.69) is 5.32 Å². The standard InChI is InChI=1S/C26H30N2O6/c1-26(2)15-28(12-11-22(26)29)24(32)21(13-23(30)31)27-25(33)34-14-20-18-9-5-3-7-16(18)17-8-4-6-10-19(17)20/h3-10,20-22,29H,11-15H2,1-2H3,(H,27,33)(H,30,31). The van der Waals surface area contributed by atoms with E-state index in [4.69, 9.17) is 4.74 Å². The number of hydrogen-bond donors (Lipinski definition) is 3. The van der Waals surface area contributed by atoms with Gasteiger partial charge < -0.3 is 25.2 Å². The zero-order valence-electron chi connectivity index (χ0n) is 19.4. The number of carboxylic acids is 1. The maximum Gasteiger partial charge on any atom is 0.407 e. The first-order valence-corrected chi connectivity index (χ1v) is 11.5. The van der Waals surface area contributed by atoms with Gasteiger partial charge in [0.15, 0.2) is 0 Å². The Hall–Kier alpha value is -3.39. The summed E-state index contributed by atoms with van der Waals surface area (Å²) >= 11 is 0. The molecule has 1 heterocycles. The summed E-state index contributed by atoms with van der Waals surface area (Å²) in [5, 5.41) is 21.9. The number of carbonyl (C=O) groups is 3. The lowest BCUT2D eigenvalue weighted by molar-refractivity contribution is -0.145. The second kappa shape index (κ2) is 9.46. The van der Waals surface area contributed by atoms with Gasteiger partial charge in [-0.1, -0.05) is 62.4 Å². The van der Waals surface area contributed by atoms with Crippen LogP contribution in [0.4, 0.5) is 4.79 Å². The lowest BCUT2D eigenvalue weighted by atomic mass is 9.81. The molecule has 8 heteroatoms. The Balaban J connectivity index is 1.43. The molecule has 0 spiro atoms. The van der Waals surface area contributed by atoms with Crippen molar-refractivity contribution in [2.45, 2.75) is 44.8 Å². The summed E-state index contributed by atoms with van der Waals surface area (Å²) in [4.78, 5) is 38.6. The third kappa shape index (κ3) is 4.77. The van der Waals surface area contributed by atoms with E-state index in [1.807, 2.05) is 62.4 Å². The van der Waals surface area contributed by atoms with Crippen molar-refractivity contribution in [2.75, 3.05) is 19.7 Å². The topological polar surface area (TPSA) is 116 Å². The predicted octanol–water partition coefficient (Wildman–Crippen LogP) is 2.99. The number of amides is 2. The highest BCUT2D eigenvalue weighted by Crippen LogP contribution is 2.44. The van der Waals surface area contributed by atoms with Crippen molar-refractivity contribution in [1.82, 2.24) is 10.2 Å². The molecule has 2 atom stereocenters. The molecular weight excluding hydrogens is 436 g/mol. The number of likely N-dealkylation sites (tertiary alicyclic amines) is 1. The maximum absolute atomic E-state index is 13.1. The van der Waals surface area contributed by atoms with E-state index in [1.165, 1.54) is 4.90 Å². The number of hydrogen-bond acceptors (Lipinski definition) is 5. The smallest absolute Gasteiger partial charge is 0.407 e. The van der Waals surface area contributed by atoms with Crippen molar-refractivity contribution in [3.63, 3.8) is 0 Å². The summed E-state index contributed by atoms with van der Waals surface area (Å²) < 4.78 is 5.49. The molecule has 0 saturated carbocycles. The number of alkyl carbamates (subject to hydrolysis) is 1. The van der Waals surface area contributed by atoms with Crippen LogP contribution in [0.5, 0.6) is 0 Å². The second-order valence-corrected chi connectivity index (χ2v) is 9.67. The van der Waals surface area contributed by atoms with Gasteiger partial charge in [0.1, 0.15) is 12.6 Å². The van der Waals surface area contributed by atoms with Crippen molar-refractivity contribution < 1.29 is 29.3 Å². The number of nitrogens with zero attached hydrogens (tertiary/aromatic N) is 1. The van der Waals surface area contributed by atoms with Crippen LogP contribution in [0.3, 0.4) is 0 Å². The van der Waals surface area contributed by atoms with E-state index in [9.17, 15) is 24.6 Å². The number of carboxylic acid groups (broad SMARTS) is 1. The van der Waals surface area contributed by atoms with Crippen LogP contribution in [0.15, 0.2) is 48.5 Å². The lowest BCUT2D eigenvalue weighted by Gasteiger charge is -2.42. The fraction of sp³-hybridized carbons (Fsp3) is 0.423. The minimum atomic E-state index is -1.25. The Morgan fingerprint density at radius 1 is 1.09 bits per heavy atom. The number of carbonyl (C=O) groups excluding carboxylic acids is 2. The summed E-state index contributed by atoms with van der Waals surface area (Å²) in [7, 11) is 0. The Bertz CT molecular complexity index is 1050. The van der Waals surface area contributed by atoms with E-state index in [1.54, 1.807) is 0 Å². The van der Waals surface area contributed by atoms with Gasteiger partial charge in [-0.05, 0) is 28.7 Å². The van der Waals surface area contributed by atoms with E-state index >= 15 is 0 Å².